The lowest BCUT2D eigenvalue weighted by Gasteiger charge is -2.13. The Bertz CT molecular complexity index is 120. The first-order valence-electron chi connectivity index (χ1n) is 4.80. The summed E-state index contributed by atoms with van der Waals surface area (Å²) in [5.41, 5.74) is 0. The van der Waals surface area contributed by atoms with Crippen LogP contribution in [0.3, 0.4) is 0 Å². The molecule has 0 amide bonds. The second-order valence-corrected chi connectivity index (χ2v) is 5.56. The minimum Gasteiger partial charge on any atom is -0.155 e. The maximum Gasteiger partial charge on any atom is 0.00758 e. The van der Waals surface area contributed by atoms with Gasteiger partial charge >= 0.3 is 0 Å². The van der Waals surface area contributed by atoms with Crippen LogP contribution in [-0.4, -0.2) is 10.5 Å². The Kier molecular flexibility index (Phi) is 3.29. The highest BCUT2D eigenvalue weighted by Gasteiger charge is 2.31. The van der Waals surface area contributed by atoms with Crippen molar-refractivity contribution in [2.45, 2.75) is 51.0 Å². The highest BCUT2D eigenvalue weighted by atomic mass is 32.2. The Morgan fingerprint density at radius 2 is 2.09 bits per heavy atom. The van der Waals surface area contributed by atoms with Gasteiger partial charge in [0, 0.05) is 10.5 Å². The van der Waals surface area contributed by atoms with Gasteiger partial charge in [-0.15, -0.1) is 0 Å². The van der Waals surface area contributed by atoms with E-state index in [0.717, 1.165) is 22.3 Å². The maximum atomic E-state index is 2.41. The largest absolute Gasteiger partial charge is 0.155 e. The van der Waals surface area contributed by atoms with Crippen molar-refractivity contribution in [3.8, 4) is 0 Å². The van der Waals surface area contributed by atoms with Crippen LogP contribution in [0, 0.1) is 11.8 Å². The van der Waals surface area contributed by atoms with Gasteiger partial charge in [-0.3, -0.25) is 0 Å². The first kappa shape index (κ1) is 9.44. The standard InChI is InChI=1S/C10H20S/c1-5-9-8(4)6-10(11-9)7(2)3/h7-10H,5-6H2,1-4H3. The van der Waals surface area contributed by atoms with Gasteiger partial charge in [-0.25, -0.2) is 0 Å². The number of hydrogen-bond donors (Lipinski definition) is 0. The Balaban J connectivity index is 2.43. The van der Waals surface area contributed by atoms with Crippen LogP contribution in [0.1, 0.15) is 40.5 Å². The van der Waals surface area contributed by atoms with Crippen molar-refractivity contribution >= 4 is 11.8 Å². The van der Waals surface area contributed by atoms with E-state index in [4.69, 9.17) is 0 Å². The van der Waals surface area contributed by atoms with Gasteiger partial charge in [-0.05, 0) is 24.7 Å². The summed E-state index contributed by atoms with van der Waals surface area (Å²) in [5.74, 6) is 1.83. The molecule has 1 fully saturated rings. The summed E-state index contributed by atoms with van der Waals surface area (Å²) in [6, 6.07) is 0. The van der Waals surface area contributed by atoms with Gasteiger partial charge in [-0.1, -0.05) is 27.7 Å². The summed E-state index contributed by atoms with van der Waals surface area (Å²) < 4.78 is 0. The Morgan fingerprint density at radius 3 is 2.36 bits per heavy atom. The van der Waals surface area contributed by atoms with Crippen LogP contribution in [-0.2, 0) is 0 Å². The molecule has 1 heterocycles. The summed E-state index contributed by atoms with van der Waals surface area (Å²) in [6.45, 7) is 9.42. The van der Waals surface area contributed by atoms with E-state index in [1.165, 1.54) is 12.8 Å². The fourth-order valence-electron chi connectivity index (χ4n) is 1.86. The molecular weight excluding hydrogens is 152 g/mol. The zero-order valence-electron chi connectivity index (χ0n) is 8.13. The zero-order valence-corrected chi connectivity index (χ0v) is 8.95. The molecular formula is C10H20S. The molecule has 1 rings (SSSR count). The minimum atomic E-state index is 0.874. The third-order valence-corrected chi connectivity index (χ3v) is 4.97. The van der Waals surface area contributed by atoms with Gasteiger partial charge < -0.3 is 0 Å². The Morgan fingerprint density at radius 1 is 1.45 bits per heavy atom. The van der Waals surface area contributed by atoms with E-state index in [-0.39, 0.29) is 0 Å². The molecule has 3 atom stereocenters. The molecule has 3 unspecified atom stereocenters. The van der Waals surface area contributed by atoms with Crippen molar-refractivity contribution in [2.75, 3.05) is 0 Å². The van der Waals surface area contributed by atoms with Crippen molar-refractivity contribution < 1.29 is 0 Å². The molecule has 0 aromatic carbocycles. The lowest BCUT2D eigenvalue weighted by molar-refractivity contribution is 0.481. The average molecular weight is 172 g/mol. The molecule has 11 heavy (non-hydrogen) atoms. The second kappa shape index (κ2) is 3.84. The van der Waals surface area contributed by atoms with Crippen LogP contribution in [0.2, 0.25) is 0 Å². The molecule has 1 heteroatoms. The molecule has 1 aliphatic heterocycles. The van der Waals surface area contributed by atoms with Gasteiger partial charge in [0.25, 0.3) is 0 Å². The number of hydrogen-bond acceptors (Lipinski definition) is 1. The van der Waals surface area contributed by atoms with Crippen LogP contribution < -0.4 is 0 Å². The van der Waals surface area contributed by atoms with Crippen LogP contribution in [0.5, 0.6) is 0 Å². The predicted molar refractivity (Wildman–Crippen MR) is 54.1 cm³/mol. The van der Waals surface area contributed by atoms with Crippen molar-refractivity contribution in [1.82, 2.24) is 0 Å². The van der Waals surface area contributed by atoms with Crippen LogP contribution in [0.15, 0.2) is 0 Å². The predicted octanol–water partition coefficient (Wildman–Crippen LogP) is 3.56. The van der Waals surface area contributed by atoms with Crippen molar-refractivity contribution in [3.63, 3.8) is 0 Å². The van der Waals surface area contributed by atoms with E-state index in [2.05, 4.69) is 39.5 Å². The molecule has 0 aromatic heterocycles. The highest BCUT2D eigenvalue weighted by Crippen LogP contribution is 2.42. The molecule has 0 radical (unpaired) electrons. The van der Waals surface area contributed by atoms with Crippen LogP contribution in [0.4, 0.5) is 0 Å². The molecule has 0 saturated carbocycles. The van der Waals surface area contributed by atoms with E-state index >= 15 is 0 Å². The summed E-state index contributed by atoms with van der Waals surface area (Å²) in [5, 5.41) is 1.89. The fraction of sp³-hybridized carbons (Fsp3) is 1.00. The van der Waals surface area contributed by atoms with E-state index < -0.39 is 0 Å². The molecule has 0 aromatic rings. The second-order valence-electron chi connectivity index (χ2n) is 4.08. The molecule has 0 N–H and O–H groups in total. The van der Waals surface area contributed by atoms with Gasteiger partial charge in [0.05, 0.1) is 0 Å². The lowest BCUT2D eigenvalue weighted by atomic mass is 9.96. The summed E-state index contributed by atoms with van der Waals surface area (Å²) in [6.07, 6.45) is 2.80. The number of rotatable bonds is 2. The zero-order chi connectivity index (χ0) is 8.43. The van der Waals surface area contributed by atoms with E-state index in [1.807, 2.05) is 0 Å². The average Bonchev–Trinajstić information content (AvgIpc) is 2.31. The van der Waals surface area contributed by atoms with Gasteiger partial charge in [0.1, 0.15) is 0 Å². The van der Waals surface area contributed by atoms with Crippen molar-refractivity contribution in [1.29, 1.82) is 0 Å². The molecule has 0 bridgehead atoms. The highest BCUT2D eigenvalue weighted by molar-refractivity contribution is 8.00. The molecule has 0 nitrogen and oxygen atoms in total. The quantitative estimate of drug-likeness (QED) is 0.613. The molecule has 1 aliphatic rings. The first-order chi connectivity index (χ1) is 5.15. The summed E-state index contributed by atoms with van der Waals surface area (Å²) >= 11 is 2.23. The normalized spacial score (nSPS) is 38.5. The smallest absolute Gasteiger partial charge is 0.00758 e. The Labute approximate surface area is 75.1 Å². The maximum absolute atomic E-state index is 2.41. The van der Waals surface area contributed by atoms with Gasteiger partial charge in [-0.2, -0.15) is 11.8 Å². The minimum absolute atomic E-state index is 0.874. The topological polar surface area (TPSA) is 0 Å². The number of thioether (sulfide) groups is 1. The third-order valence-electron chi connectivity index (χ3n) is 2.73. The van der Waals surface area contributed by atoms with E-state index in [9.17, 15) is 0 Å². The van der Waals surface area contributed by atoms with Gasteiger partial charge in [0.15, 0.2) is 0 Å². The van der Waals surface area contributed by atoms with Crippen molar-refractivity contribution in [2.24, 2.45) is 11.8 Å². The molecule has 1 saturated heterocycles. The summed E-state index contributed by atoms with van der Waals surface area (Å²) in [4.78, 5) is 0. The lowest BCUT2D eigenvalue weighted by Crippen LogP contribution is -2.07. The third kappa shape index (κ3) is 2.14. The van der Waals surface area contributed by atoms with E-state index in [1.54, 1.807) is 0 Å². The van der Waals surface area contributed by atoms with Crippen LogP contribution >= 0.6 is 11.8 Å². The summed E-state index contributed by atoms with van der Waals surface area (Å²) in [7, 11) is 0. The van der Waals surface area contributed by atoms with Crippen LogP contribution in [0.25, 0.3) is 0 Å². The molecule has 66 valence electrons. The van der Waals surface area contributed by atoms with Crippen molar-refractivity contribution in [3.05, 3.63) is 0 Å². The SMILES string of the molecule is CCC1SC(C(C)C)CC1C. The Hall–Kier alpha value is 0.350. The molecule has 0 spiro atoms. The van der Waals surface area contributed by atoms with Gasteiger partial charge in [0.2, 0.25) is 0 Å². The van der Waals surface area contributed by atoms with E-state index in [0.29, 0.717) is 0 Å². The molecule has 0 aliphatic carbocycles. The monoisotopic (exact) mass is 172 g/mol. The first-order valence-corrected chi connectivity index (χ1v) is 5.74. The fourth-order valence-corrected chi connectivity index (χ4v) is 3.61.